The number of aromatic amines is 1. The second-order valence-corrected chi connectivity index (χ2v) is 5.61. The summed E-state index contributed by atoms with van der Waals surface area (Å²) in [7, 11) is 0. The molecule has 0 aliphatic carbocycles. The van der Waals surface area contributed by atoms with Gasteiger partial charge < -0.3 is 21.0 Å². The van der Waals surface area contributed by atoms with Gasteiger partial charge in [0, 0.05) is 18.6 Å². The first-order valence-electron chi connectivity index (χ1n) is 7.64. The van der Waals surface area contributed by atoms with E-state index in [9.17, 15) is 14.7 Å². The van der Waals surface area contributed by atoms with E-state index < -0.39 is 17.9 Å². The molecular weight excluding hydrogens is 306 g/mol. The molecule has 6 nitrogen and oxygen atoms in total. The summed E-state index contributed by atoms with van der Waals surface area (Å²) in [5, 5.41) is 16.2. The van der Waals surface area contributed by atoms with E-state index in [1.807, 2.05) is 48.5 Å². The van der Waals surface area contributed by atoms with Crippen LogP contribution in [0.4, 0.5) is 5.69 Å². The smallest absolute Gasteiger partial charge is 0.217 e. The summed E-state index contributed by atoms with van der Waals surface area (Å²) in [5.41, 5.74) is 7.58. The Hall–Kier alpha value is -3.15. The van der Waals surface area contributed by atoms with E-state index in [1.165, 1.54) is 0 Å². The van der Waals surface area contributed by atoms with E-state index in [2.05, 4.69) is 10.3 Å². The molecule has 4 N–H and O–H groups in total. The molecule has 6 heteroatoms. The zero-order chi connectivity index (χ0) is 17.1. The summed E-state index contributed by atoms with van der Waals surface area (Å²) < 4.78 is 0. The Morgan fingerprint density at radius 2 is 1.58 bits per heavy atom. The van der Waals surface area contributed by atoms with Crippen LogP contribution < -0.4 is 21.1 Å². The van der Waals surface area contributed by atoms with Gasteiger partial charge in [-0.3, -0.25) is 4.79 Å². The minimum atomic E-state index is -1.27. The Morgan fingerprint density at radius 3 is 2.08 bits per heavy atom. The number of hydrogen-bond acceptors (Lipinski definition) is 4. The van der Waals surface area contributed by atoms with Gasteiger partial charge in [-0.25, -0.2) is 4.98 Å². The van der Waals surface area contributed by atoms with Crippen molar-refractivity contribution in [2.24, 2.45) is 5.73 Å². The quantitative estimate of drug-likeness (QED) is 0.647. The van der Waals surface area contributed by atoms with Crippen LogP contribution in [0, 0.1) is 0 Å². The average molecular weight is 323 g/mol. The first kappa shape index (κ1) is 15.7. The highest BCUT2D eigenvalue weighted by molar-refractivity contribution is 6.05. The molecule has 0 aliphatic rings. The standard InChI is InChI=1S/C18H17N3O3/c19-16(22)10-9-15(18(23)24)21-17-11-5-1-3-7-13(11)20-14-8-4-2-6-12(14)17/h1-8,15H,9-10H2,(H2,19,22)(H,20,21)(H,23,24)/t15-/m0/s1. The number of fused-ring (bicyclic) bond motifs is 2. The van der Waals surface area contributed by atoms with Gasteiger partial charge in [-0.1, -0.05) is 24.3 Å². The Bertz CT molecular complexity index is 870. The zero-order valence-electron chi connectivity index (χ0n) is 12.9. The largest absolute Gasteiger partial charge is 0.548 e. The molecule has 2 aromatic carbocycles. The SMILES string of the molecule is NC(=O)CC[C@H](Nc1c2ccccc2[nH+]c2ccccc12)C(=O)[O-]. The highest BCUT2D eigenvalue weighted by Gasteiger charge is 2.18. The number of hydrogen-bond donors (Lipinski definition) is 2. The van der Waals surface area contributed by atoms with Crippen LogP contribution in [0.5, 0.6) is 0 Å². The maximum absolute atomic E-state index is 11.5. The van der Waals surface area contributed by atoms with E-state index in [0.29, 0.717) is 5.69 Å². The molecule has 1 amide bonds. The van der Waals surface area contributed by atoms with Crippen molar-refractivity contribution >= 4 is 39.4 Å². The first-order valence-corrected chi connectivity index (χ1v) is 7.64. The van der Waals surface area contributed by atoms with Gasteiger partial charge in [0.25, 0.3) is 0 Å². The molecule has 0 saturated heterocycles. The molecule has 0 unspecified atom stereocenters. The zero-order valence-corrected chi connectivity index (χ0v) is 12.9. The Balaban J connectivity index is 2.11. The summed E-state index contributed by atoms with van der Waals surface area (Å²) in [4.78, 5) is 25.8. The Labute approximate surface area is 138 Å². The second kappa shape index (κ2) is 6.54. The van der Waals surface area contributed by atoms with Crippen LogP contribution >= 0.6 is 0 Å². The fraction of sp³-hybridized carbons (Fsp3) is 0.167. The number of nitrogens with one attached hydrogen (secondary N) is 2. The number of benzene rings is 2. The lowest BCUT2D eigenvalue weighted by Gasteiger charge is -2.21. The highest BCUT2D eigenvalue weighted by atomic mass is 16.4. The van der Waals surface area contributed by atoms with Gasteiger partial charge >= 0.3 is 0 Å². The third-order valence-corrected chi connectivity index (χ3v) is 3.94. The van der Waals surface area contributed by atoms with E-state index in [-0.39, 0.29) is 12.8 Å². The van der Waals surface area contributed by atoms with Crippen LogP contribution in [0.3, 0.4) is 0 Å². The lowest BCUT2D eigenvalue weighted by molar-refractivity contribution is -0.310. The Kier molecular flexibility index (Phi) is 4.29. The van der Waals surface area contributed by atoms with Crippen molar-refractivity contribution in [3.8, 4) is 0 Å². The van der Waals surface area contributed by atoms with Gasteiger partial charge in [-0.2, -0.15) is 0 Å². The predicted octanol–water partition coefficient (Wildman–Crippen LogP) is 0.603. The van der Waals surface area contributed by atoms with Crippen molar-refractivity contribution in [3.63, 3.8) is 0 Å². The second-order valence-electron chi connectivity index (χ2n) is 5.61. The first-order chi connectivity index (χ1) is 11.6. The van der Waals surface area contributed by atoms with Crippen LogP contribution in [-0.4, -0.2) is 17.9 Å². The van der Waals surface area contributed by atoms with Crippen LogP contribution in [0.25, 0.3) is 21.8 Å². The van der Waals surface area contributed by atoms with Crippen molar-refractivity contribution in [3.05, 3.63) is 48.5 Å². The van der Waals surface area contributed by atoms with Crippen LogP contribution in [0.1, 0.15) is 12.8 Å². The predicted molar refractivity (Wildman–Crippen MR) is 88.9 cm³/mol. The third-order valence-electron chi connectivity index (χ3n) is 3.94. The van der Waals surface area contributed by atoms with E-state index >= 15 is 0 Å². The molecule has 1 heterocycles. The lowest BCUT2D eigenvalue weighted by Crippen LogP contribution is -2.41. The van der Waals surface area contributed by atoms with Crippen molar-refractivity contribution in [2.45, 2.75) is 18.9 Å². The van der Waals surface area contributed by atoms with Gasteiger partial charge in [0.15, 0.2) is 0 Å². The number of aliphatic carboxylic acids is 1. The number of carboxylic acid groups (broad SMARTS) is 1. The average Bonchev–Trinajstić information content (AvgIpc) is 2.57. The number of carbonyl (C=O) groups is 2. The fourth-order valence-electron chi connectivity index (χ4n) is 2.78. The van der Waals surface area contributed by atoms with Crippen molar-refractivity contribution < 1.29 is 19.7 Å². The molecule has 0 saturated carbocycles. The Morgan fingerprint density at radius 1 is 1.04 bits per heavy atom. The van der Waals surface area contributed by atoms with Crippen molar-refractivity contribution in [1.29, 1.82) is 0 Å². The number of aromatic nitrogens is 1. The minimum Gasteiger partial charge on any atom is -0.548 e. The minimum absolute atomic E-state index is 0.0273. The molecule has 1 atom stereocenters. The van der Waals surface area contributed by atoms with E-state index in [1.54, 1.807) is 0 Å². The van der Waals surface area contributed by atoms with Gasteiger partial charge in [0.1, 0.15) is 0 Å². The number of anilines is 1. The molecule has 24 heavy (non-hydrogen) atoms. The number of amides is 1. The van der Waals surface area contributed by atoms with Gasteiger partial charge in [-0.05, 0) is 18.6 Å². The summed E-state index contributed by atoms with van der Waals surface area (Å²) >= 11 is 0. The molecule has 0 aliphatic heterocycles. The maximum Gasteiger partial charge on any atom is 0.217 e. The number of nitrogens with two attached hydrogens (primary N) is 1. The fourth-order valence-corrected chi connectivity index (χ4v) is 2.78. The normalized spacial score (nSPS) is 12.2. The van der Waals surface area contributed by atoms with Crippen molar-refractivity contribution in [1.82, 2.24) is 0 Å². The molecule has 0 fully saturated rings. The molecular formula is C18H17N3O3. The molecule has 3 aromatic rings. The van der Waals surface area contributed by atoms with E-state index in [4.69, 9.17) is 5.73 Å². The van der Waals surface area contributed by atoms with Crippen molar-refractivity contribution in [2.75, 3.05) is 5.32 Å². The van der Waals surface area contributed by atoms with Gasteiger partial charge in [0.05, 0.1) is 28.5 Å². The summed E-state index contributed by atoms with van der Waals surface area (Å²) in [6, 6.07) is 14.2. The molecule has 3 rings (SSSR count). The molecule has 0 spiro atoms. The van der Waals surface area contributed by atoms with Crippen LogP contribution in [0.15, 0.2) is 48.5 Å². The maximum atomic E-state index is 11.5. The summed E-state index contributed by atoms with van der Waals surface area (Å²) in [6.07, 6.45) is 0.0411. The molecule has 122 valence electrons. The molecule has 0 bridgehead atoms. The summed E-state index contributed by atoms with van der Waals surface area (Å²) in [5.74, 6) is -1.81. The monoisotopic (exact) mass is 323 g/mol. The lowest BCUT2D eigenvalue weighted by atomic mass is 10.1. The topological polar surface area (TPSA) is 109 Å². The summed E-state index contributed by atoms with van der Waals surface area (Å²) in [6.45, 7) is 0. The number of carboxylic acids is 1. The number of primary amides is 1. The van der Waals surface area contributed by atoms with Gasteiger partial charge in [-0.15, -0.1) is 0 Å². The highest BCUT2D eigenvalue weighted by Crippen LogP contribution is 2.29. The molecule has 0 radical (unpaired) electrons. The third kappa shape index (κ3) is 3.12. The van der Waals surface area contributed by atoms with Gasteiger partial charge in [0.2, 0.25) is 16.9 Å². The number of para-hydroxylation sites is 2. The van der Waals surface area contributed by atoms with E-state index in [0.717, 1.165) is 21.8 Å². The number of H-pyrrole nitrogens is 1. The number of rotatable bonds is 6. The number of carbonyl (C=O) groups excluding carboxylic acids is 2. The molecule has 1 aromatic heterocycles. The van der Waals surface area contributed by atoms with Crippen LogP contribution in [0.2, 0.25) is 0 Å². The van der Waals surface area contributed by atoms with Crippen LogP contribution in [-0.2, 0) is 9.59 Å². The number of pyridine rings is 1.